The molecule has 0 bridgehead atoms. The van der Waals surface area contributed by atoms with Gasteiger partial charge in [-0.2, -0.15) is 0 Å². The first-order valence-electron chi connectivity index (χ1n) is 4.93. The first-order chi connectivity index (χ1) is 7.34. The van der Waals surface area contributed by atoms with Gasteiger partial charge in [-0.3, -0.25) is 5.11 Å². The predicted molar refractivity (Wildman–Crippen MR) is 61.6 cm³/mol. The van der Waals surface area contributed by atoms with Crippen LogP contribution >= 0.6 is 0 Å². The molecule has 0 aromatic heterocycles. The summed E-state index contributed by atoms with van der Waals surface area (Å²) < 4.78 is 0. The Balaban J connectivity index is 2.55. The van der Waals surface area contributed by atoms with E-state index in [0.717, 1.165) is 10.8 Å². The Hall–Kier alpha value is -2.02. The molecule has 15 heavy (non-hydrogen) atoms. The average molecular weight is 193 g/mol. The fourth-order valence-corrected chi connectivity index (χ4v) is 1.99. The van der Waals surface area contributed by atoms with Crippen molar-refractivity contribution in [2.45, 2.75) is 0 Å². The fraction of sp³-hybridized carbons (Fsp3) is 0. The van der Waals surface area contributed by atoms with Gasteiger partial charge in [-0.05, 0) is 39.7 Å². The summed E-state index contributed by atoms with van der Waals surface area (Å²) in [5.41, 5.74) is 0. The van der Waals surface area contributed by atoms with Crippen LogP contribution in [0.2, 0.25) is 0 Å². The molecule has 0 atom stereocenters. The van der Waals surface area contributed by atoms with Crippen LogP contribution in [0.15, 0.2) is 54.6 Å². The molecule has 0 heterocycles. The second-order valence-electron chi connectivity index (χ2n) is 3.67. The van der Waals surface area contributed by atoms with Gasteiger partial charge in [0.1, 0.15) is 0 Å². The van der Waals surface area contributed by atoms with Crippen LogP contribution in [-0.4, -0.2) is 0 Å². The van der Waals surface area contributed by atoms with Crippen molar-refractivity contribution in [1.82, 2.24) is 0 Å². The SMILES string of the molecule is [O]c1ccc2c(ccc3ccccc32)c1. The molecular weight excluding hydrogens is 184 g/mol. The molecule has 0 amide bonds. The third kappa shape index (κ3) is 1.24. The normalized spacial score (nSPS) is 10.9. The van der Waals surface area contributed by atoms with Gasteiger partial charge in [0.2, 0.25) is 0 Å². The van der Waals surface area contributed by atoms with Gasteiger partial charge in [0.05, 0.1) is 0 Å². The van der Waals surface area contributed by atoms with E-state index in [9.17, 15) is 5.11 Å². The van der Waals surface area contributed by atoms with E-state index < -0.39 is 0 Å². The molecule has 0 aliphatic rings. The van der Waals surface area contributed by atoms with Crippen LogP contribution in [0.3, 0.4) is 0 Å². The Morgan fingerprint density at radius 2 is 1.40 bits per heavy atom. The van der Waals surface area contributed by atoms with Crippen LogP contribution in [0, 0.1) is 0 Å². The van der Waals surface area contributed by atoms with Gasteiger partial charge in [0.15, 0.2) is 5.75 Å². The van der Waals surface area contributed by atoms with E-state index in [1.807, 2.05) is 24.3 Å². The summed E-state index contributed by atoms with van der Waals surface area (Å²) >= 11 is 0. The van der Waals surface area contributed by atoms with Gasteiger partial charge in [0, 0.05) is 0 Å². The highest BCUT2D eigenvalue weighted by atomic mass is 16.3. The molecule has 1 radical (unpaired) electrons. The summed E-state index contributed by atoms with van der Waals surface area (Å²) in [5, 5.41) is 15.8. The van der Waals surface area contributed by atoms with Crippen molar-refractivity contribution in [3.8, 4) is 5.75 Å². The number of hydrogen-bond acceptors (Lipinski definition) is 0. The molecule has 1 heteroatoms. The minimum Gasteiger partial charge on any atom is -0.290 e. The molecule has 1 nitrogen and oxygen atoms in total. The highest BCUT2D eigenvalue weighted by molar-refractivity contribution is 6.07. The van der Waals surface area contributed by atoms with Gasteiger partial charge >= 0.3 is 0 Å². The standard InChI is InChI=1S/C14H9O/c15-12-7-8-14-11(9-12)6-5-10-3-1-2-4-13(10)14/h1-9H. The van der Waals surface area contributed by atoms with Gasteiger partial charge < -0.3 is 0 Å². The molecule has 3 aromatic rings. The number of fused-ring (bicyclic) bond motifs is 3. The van der Waals surface area contributed by atoms with Crippen molar-refractivity contribution in [2.24, 2.45) is 0 Å². The zero-order chi connectivity index (χ0) is 10.3. The van der Waals surface area contributed by atoms with E-state index in [1.54, 1.807) is 12.1 Å². The van der Waals surface area contributed by atoms with Crippen molar-refractivity contribution < 1.29 is 5.11 Å². The molecule has 0 fully saturated rings. The van der Waals surface area contributed by atoms with E-state index in [4.69, 9.17) is 0 Å². The molecule has 0 unspecified atom stereocenters. The summed E-state index contributed by atoms with van der Waals surface area (Å²) in [7, 11) is 0. The molecule has 0 spiro atoms. The maximum atomic E-state index is 11.2. The van der Waals surface area contributed by atoms with Crippen molar-refractivity contribution in [3.63, 3.8) is 0 Å². The van der Waals surface area contributed by atoms with Crippen LogP contribution in [0.5, 0.6) is 5.75 Å². The second kappa shape index (κ2) is 2.99. The van der Waals surface area contributed by atoms with E-state index in [-0.39, 0.29) is 5.75 Å². The van der Waals surface area contributed by atoms with Crippen LogP contribution in [-0.2, 0) is 5.11 Å². The molecule has 3 rings (SSSR count). The van der Waals surface area contributed by atoms with Crippen LogP contribution in [0.25, 0.3) is 21.5 Å². The third-order valence-electron chi connectivity index (χ3n) is 2.72. The Kier molecular flexibility index (Phi) is 1.65. The lowest BCUT2D eigenvalue weighted by molar-refractivity contribution is 0.355. The lowest BCUT2D eigenvalue weighted by Crippen LogP contribution is -1.76. The molecule has 0 aliphatic carbocycles. The second-order valence-corrected chi connectivity index (χ2v) is 3.67. The molecule has 0 N–H and O–H groups in total. The zero-order valence-electron chi connectivity index (χ0n) is 8.10. The number of rotatable bonds is 0. The smallest absolute Gasteiger partial charge is 0.179 e. The van der Waals surface area contributed by atoms with Crippen LogP contribution < -0.4 is 0 Å². The van der Waals surface area contributed by atoms with Crippen molar-refractivity contribution in [2.75, 3.05) is 0 Å². The minimum absolute atomic E-state index is 0.0674. The number of hydrogen-bond donors (Lipinski definition) is 0. The lowest BCUT2D eigenvalue weighted by Gasteiger charge is -2.02. The lowest BCUT2D eigenvalue weighted by atomic mass is 10.0. The van der Waals surface area contributed by atoms with Crippen molar-refractivity contribution >= 4 is 21.5 Å². The quantitative estimate of drug-likeness (QED) is 0.478. The van der Waals surface area contributed by atoms with E-state index >= 15 is 0 Å². The van der Waals surface area contributed by atoms with Crippen LogP contribution in [0.4, 0.5) is 0 Å². The van der Waals surface area contributed by atoms with Crippen LogP contribution in [0.1, 0.15) is 0 Å². The summed E-state index contributed by atoms with van der Waals surface area (Å²) in [4.78, 5) is 0. The predicted octanol–water partition coefficient (Wildman–Crippen LogP) is 4.14. The van der Waals surface area contributed by atoms with E-state index in [2.05, 4.69) is 18.2 Å². The summed E-state index contributed by atoms with van der Waals surface area (Å²) in [5.74, 6) is 0.0674. The highest BCUT2D eigenvalue weighted by Gasteiger charge is 2.00. The Bertz CT molecular complexity index is 641. The molecule has 3 aromatic carbocycles. The third-order valence-corrected chi connectivity index (χ3v) is 2.72. The first-order valence-corrected chi connectivity index (χ1v) is 4.93. The monoisotopic (exact) mass is 193 g/mol. The summed E-state index contributed by atoms with van der Waals surface area (Å²) in [6, 6.07) is 17.5. The Morgan fingerprint density at radius 1 is 0.667 bits per heavy atom. The maximum Gasteiger partial charge on any atom is 0.179 e. The van der Waals surface area contributed by atoms with E-state index in [1.165, 1.54) is 10.8 Å². The Labute approximate surface area is 87.6 Å². The highest BCUT2D eigenvalue weighted by Crippen LogP contribution is 2.27. The van der Waals surface area contributed by atoms with Crippen molar-refractivity contribution in [3.05, 3.63) is 54.6 Å². The molecule has 0 aliphatic heterocycles. The fourth-order valence-electron chi connectivity index (χ4n) is 1.99. The average Bonchev–Trinajstić information content (AvgIpc) is 2.28. The van der Waals surface area contributed by atoms with Gasteiger partial charge in [-0.15, -0.1) is 0 Å². The van der Waals surface area contributed by atoms with Gasteiger partial charge in [-0.25, -0.2) is 0 Å². The van der Waals surface area contributed by atoms with Gasteiger partial charge in [-0.1, -0.05) is 36.4 Å². The molecule has 0 saturated heterocycles. The van der Waals surface area contributed by atoms with Gasteiger partial charge in [0.25, 0.3) is 0 Å². The minimum atomic E-state index is 0.0674. The summed E-state index contributed by atoms with van der Waals surface area (Å²) in [6.07, 6.45) is 0. The zero-order valence-corrected chi connectivity index (χ0v) is 8.10. The molecular formula is C14H9O. The summed E-state index contributed by atoms with van der Waals surface area (Å²) in [6.45, 7) is 0. The maximum absolute atomic E-state index is 11.2. The first kappa shape index (κ1) is 8.30. The van der Waals surface area contributed by atoms with E-state index in [0.29, 0.717) is 0 Å². The molecule has 0 saturated carbocycles. The number of benzene rings is 3. The molecule has 71 valence electrons. The largest absolute Gasteiger partial charge is 0.290 e. The Morgan fingerprint density at radius 3 is 2.33 bits per heavy atom. The topological polar surface area (TPSA) is 19.9 Å². The van der Waals surface area contributed by atoms with Crippen molar-refractivity contribution in [1.29, 1.82) is 0 Å².